The summed E-state index contributed by atoms with van der Waals surface area (Å²) in [5.41, 5.74) is 2.14. The highest BCUT2D eigenvalue weighted by Crippen LogP contribution is 2.17. The third-order valence-corrected chi connectivity index (χ3v) is 5.25. The number of carbonyl (C=O) groups excluding carboxylic acids is 1. The first kappa shape index (κ1) is 18.0. The smallest absolute Gasteiger partial charge is 0.238 e. The van der Waals surface area contributed by atoms with E-state index in [1.165, 1.54) is 6.07 Å². The summed E-state index contributed by atoms with van der Waals surface area (Å²) in [6, 6.07) is 4.73. The first-order valence-electron chi connectivity index (χ1n) is 8.42. The highest BCUT2D eigenvalue weighted by Gasteiger charge is 2.20. The molecule has 0 spiro atoms. The van der Waals surface area contributed by atoms with Gasteiger partial charge in [-0.3, -0.25) is 14.6 Å². The van der Waals surface area contributed by atoms with Crippen LogP contribution in [0.25, 0.3) is 0 Å². The van der Waals surface area contributed by atoms with Crippen LogP contribution in [-0.4, -0.2) is 53.4 Å². The van der Waals surface area contributed by atoms with Crippen LogP contribution in [0.15, 0.2) is 23.6 Å². The number of amides is 1. The van der Waals surface area contributed by atoms with Gasteiger partial charge in [0.2, 0.25) is 5.91 Å². The number of nitrogens with zero attached hydrogens (tertiary/aromatic N) is 3. The largest absolute Gasteiger partial charge is 0.325 e. The van der Waals surface area contributed by atoms with Crippen LogP contribution < -0.4 is 5.32 Å². The van der Waals surface area contributed by atoms with E-state index >= 15 is 0 Å². The second-order valence-corrected chi connectivity index (χ2v) is 7.43. The molecule has 1 aromatic carbocycles. The van der Waals surface area contributed by atoms with Gasteiger partial charge in [0, 0.05) is 49.4 Å². The maximum atomic E-state index is 13.5. The molecule has 1 fully saturated rings. The highest BCUT2D eigenvalue weighted by atomic mass is 32.1. The lowest BCUT2D eigenvalue weighted by molar-refractivity contribution is -0.117. The maximum absolute atomic E-state index is 13.5. The fourth-order valence-electron chi connectivity index (χ4n) is 2.95. The average Bonchev–Trinajstić information content (AvgIpc) is 2.99. The van der Waals surface area contributed by atoms with Crippen LogP contribution in [0.3, 0.4) is 0 Å². The molecule has 25 heavy (non-hydrogen) atoms. The minimum absolute atomic E-state index is 0.0997. The number of carbonyl (C=O) groups is 1. The number of aryl methyl sites for hydroxylation is 1. The molecular weight excluding hydrogens is 339 g/mol. The molecule has 5 nitrogen and oxygen atoms in total. The average molecular weight is 362 g/mol. The molecule has 0 radical (unpaired) electrons. The molecule has 3 rings (SSSR count). The Bertz CT molecular complexity index is 740. The molecule has 134 valence electrons. The topological polar surface area (TPSA) is 48.5 Å². The fraction of sp³-hybridized carbons (Fsp3) is 0.444. The van der Waals surface area contributed by atoms with Gasteiger partial charge in [-0.15, -0.1) is 11.3 Å². The third kappa shape index (κ3) is 4.84. The van der Waals surface area contributed by atoms with Crippen LogP contribution in [0.5, 0.6) is 0 Å². The van der Waals surface area contributed by atoms with Gasteiger partial charge in [0.05, 0.1) is 17.2 Å². The number of halogens is 1. The summed E-state index contributed by atoms with van der Waals surface area (Å²) in [6.07, 6.45) is 0. The van der Waals surface area contributed by atoms with Crippen molar-refractivity contribution in [2.45, 2.75) is 20.4 Å². The summed E-state index contributed by atoms with van der Waals surface area (Å²) in [5, 5.41) is 6.01. The first-order chi connectivity index (χ1) is 12.0. The summed E-state index contributed by atoms with van der Waals surface area (Å²) in [5.74, 6) is -0.402. The number of anilines is 1. The first-order valence-corrected chi connectivity index (χ1v) is 9.30. The highest BCUT2D eigenvalue weighted by molar-refractivity contribution is 7.09. The Balaban J connectivity index is 1.45. The standard InChI is InChI=1S/C18H23FN4OS/c1-13-16(19)4-3-5-17(13)21-18(24)11-23-8-6-22(7-9-23)10-15-12-25-14(2)20-15/h3-5,12H,6-11H2,1-2H3,(H,21,24). The Morgan fingerprint density at radius 1 is 1.24 bits per heavy atom. The van der Waals surface area contributed by atoms with E-state index in [9.17, 15) is 9.18 Å². The van der Waals surface area contributed by atoms with Crippen molar-refractivity contribution in [2.75, 3.05) is 38.0 Å². The van der Waals surface area contributed by atoms with Crippen LogP contribution >= 0.6 is 11.3 Å². The zero-order chi connectivity index (χ0) is 17.8. The molecule has 0 unspecified atom stereocenters. The molecule has 1 saturated heterocycles. The van der Waals surface area contributed by atoms with Crippen molar-refractivity contribution in [3.63, 3.8) is 0 Å². The summed E-state index contributed by atoms with van der Waals surface area (Å²) in [4.78, 5) is 21.2. The molecule has 1 aromatic heterocycles. The number of rotatable bonds is 5. The van der Waals surface area contributed by atoms with Crippen molar-refractivity contribution in [1.82, 2.24) is 14.8 Å². The van der Waals surface area contributed by atoms with Crippen LogP contribution in [0.4, 0.5) is 10.1 Å². The Labute approximate surface area is 151 Å². The maximum Gasteiger partial charge on any atom is 0.238 e. The quantitative estimate of drug-likeness (QED) is 0.888. The lowest BCUT2D eigenvalue weighted by Crippen LogP contribution is -2.48. The molecule has 0 bridgehead atoms. The van der Waals surface area contributed by atoms with Gasteiger partial charge in [0.25, 0.3) is 0 Å². The number of aromatic nitrogens is 1. The van der Waals surface area contributed by atoms with Gasteiger partial charge < -0.3 is 5.32 Å². The molecule has 1 aliphatic heterocycles. The molecule has 2 aromatic rings. The van der Waals surface area contributed by atoms with Gasteiger partial charge in [-0.25, -0.2) is 9.37 Å². The van der Waals surface area contributed by atoms with E-state index in [1.807, 2.05) is 6.92 Å². The second kappa shape index (κ2) is 8.03. The van der Waals surface area contributed by atoms with Gasteiger partial charge in [0.15, 0.2) is 0 Å². The summed E-state index contributed by atoms with van der Waals surface area (Å²) in [6.45, 7) is 8.42. The Kier molecular flexibility index (Phi) is 5.78. The molecule has 0 saturated carbocycles. The van der Waals surface area contributed by atoms with Crippen LogP contribution in [0, 0.1) is 19.7 Å². The third-order valence-electron chi connectivity index (χ3n) is 4.43. The predicted molar refractivity (Wildman–Crippen MR) is 98.3 cm³/mol. The minimum atomic E-state index is -0.302. The zero-order valence-electron chi connectivity index (χ0n) is 14.6. The minimum Gasteiger partial charge on any atom is -0.325 e. The summed E-state index contributed by atoms with van der Waals surface area (Å²) >= 11 is 1.68. The number of piperazine rings is 1. The summed E-state index contributed by atoms with van der Waals surface area (Å²) < 4.78 is 13.5. The van der Waals surface area contributed by atoms with Crippen molar-refractivity contribution in [2.24, 2.45) is 0 Å². The number of hydrogen-bond donors (Lipinski definition) is 1. The Hall–Kier alpha value is -1.83. The molecule has 0 aliphatic carbocycles. The monoisotopic (exact) mass is 362 g/mol. The van der Waals surface area contributed by atoms with E-state index < -0.39 is 0 Å². The van der Waals surface area contributed by atoms with Crippen molar-refractivity contribution < 1.29 is 9.18 Å². The number of thiazole rings is 1. The molecular formula is C18H23FN4OS. The number of hydrogen-bond acceptors (Lipinski definition) is 5. The van der Waals surface area contributed by atoms with Gasteiger partial charge in [-0.2, -0.15) is 0 Å². The molecule has 0 atom stereocenters. The van der Waals surface area contributed by atoms with Gasteiger partial charge >= 0.3 is 0 Å². The van der Waals surface area contributed by atoms with E-state index in [-0.39, 0.29) is 11.7 Å². The van der Waals surface area contributed by atoms with Gasteiger partial charge in [-0.05, 0) is 26.0 Å². The Morgan fingerprint density at radius 3 is 2.64 bits per heavy atom. The molecule has 1 aliphatic rings. The lowest BCUT2D eigenvalue weighted by atomic mass is 10.2. The second-order valence-electron chi connectivity index (χ2n) is 6.37. The van der Waals surface area contributed by atoms with Crippen LogP contribution in [0.1, 0.15) is 16.3 Å². The molecule has 1 amide bonds. The predicted octanol–water partition coefficient (Wildman–Crippen LogP) is 2.66. The molecule has 2 heterocycles. The van der Waals surface area contributed by atoms with E-state index in [0.29, 0.717) is 17.8 Å². The van der Waals surface area contributed by atoms with Crippen molar-refractivity contribution in [3.05, 3.63) is 45.7 Å². The van der Waals surface area contributed by atoms with E-state index in [0.717, 1.165) is 43.4 Å². The number of benzene rings is 1. The number of nitrogens with one attached hydrogen (secondary N) is 1. The zero-order valence-corrected chi connectivity index (χ0v) is 15.4. The lowest BCUT2D eigenvalue weighted by Gasteiger charge is -2.33. The fourth-order valence-corrected chi connectivity index (χ4v) is 3.55. The Morgan fingerprint density at radius 2 is 1.96 bits per heavy atom. The molecule has 7 heteroatoms. The summed E-state index contributed by atoms with van der Waals surface area (Å²) in [7, 11) is 0. The van der Waals surface area contributed by atoms with E-state index in [1.54, 1.807) is 30.4 Å². The van der Waals surface area contributed by atoms with E-state index in [2.05, 4.69) is 25.5 Å². The molecule has 1 N–H and O–H groups in total. The van der Waals surface area contributed by atoms with Gasteiger partial charge in [-0.1, -0.05) is 6.07 Å². The van der Waals surface area contributed by atoms with E-state index in [4.69, 9.17) is 0 Å². The van der Waals surface area contributed by atoms with Crippen LogP contribution in [0.2, 0.25) is 0 Å². The SMILES string of the molecule is Cc1nc(CN2CCN(CC(=O)Nc3cccc(F)c3C)CC2)cs1. The van der Waals surface area contributed by atoms with Crippen LogP contribution in [-0.2, 0) is 11.3 Å². The van der Waals surface area contributed by atoms with Crippen molar-refractivity contribution in [1.29, 1.82) is 0 Å². The normalized spacial score (nSPS) is 16.1. The van der Waals surface area contributed by atoms with Crippen molar-refractivity contribution in [3.8, 4) is 0 Å². The van der Waals surface area contributed by atoms with Crippen molar-refractivity contribution >= 4 is 22.9 Å². The van der Waals surface area contributed by atoms with Gasteiger partial charge in [0.1, 0.15) is 5.82 Å².